The Bertz CT molecular complexity index is 1130. The van der Waals surface area contributed by atoms with Gasteiger partial charge in [0.05, 0.1) is 11.7 Å². The maximum Gasteiger partial charge on any atom is 0.254 e. The summed E-state index contributed by atoms with van der Waals surface area (Å²) in [5.74, 6) is 1.17. The van der Waals surface area contributed by atoms with Gasteiger partial charge in [-0.05, 0) is 58.1 Å². The summed E-state index contributed by atoms with van der Waals surface area (Å²) in [6.45, 7) is 10.6. The SMILES string of the molecule is C#N.Cc1cccc(C(=O)N2CCCCC2c2cc3nc(N4CCCC4)c(C)cn3n2)c1. The Morgan fingerprint density at radius 2 is 1.81 bits per heavy atom. The van der Waals surface area contributed by atoms with Gasteiger partial charge in [0.25, 0.3) is 5.91 Å². The number of anilines is 1. The van der Waals surface area contributed by atoms with Gasteiger partial charge >= 0.3 is 0 Å². The molecule has 0 N–H and O–H groups in total. The first-order valence-electron chi connectivity index (χ1n) is 11.4. The molecule has 4 heterocycles. The van der Waals surface area contributed by atoms with Gasteiger partial charge in [0.15, 0.2) is 5.65 Å². The molecule has 3 aromatic rings. The first-order chi connectivity index (χ1) is 15.6. The van der Waals surface area contributed by atoms with Gasteiger partial charge in [-0.3, -0.25) is 4.79 Å². The van der Waals surface area contributed by atoms with Gasteiger partial charge in [0, 0.05) is 49.6 Å². The van der Waals surface area contributed by atoms with E-state index in [1.165, 1.54) is 12.8 Å². The third-order valence-electron chi connectivity index (χ3n) is 6.40. The Labute approximate surface area is 189 Å². The summed E-state index contributed by atoms with van der Waals surface area (Å²) in [5.41, 5.74) is 4.83. The first kappa shape index (κ1) is 21.8. The summed E-state index contributed by atoms with van der Waals surface area (Å²) in [7, 11) is 0. The van der Waals surface area contributed by atoms with E-state index in [1.54, 1.807) is 0 Å². The summed E-state index contributed by atoms with van der Waals surface area (Å²) in [4.78, 5) is 22.6. The molecular weight excluding hydrogens is 400 g/mol. The van der Waals surface area contributed by atoms with Crippen molar-refractivity contribution in [1.29, 1.82) is 5.26 Å². The van der Waals surface area contributed by atoms with E-state index in [0.717, 1.165) is 72.7 Å². The second-order valence-electron chi connectivity index (χ2n) is 8.69. The van der Waals surface area contributed by atoms with Crippen molar-refractivity contribution in [2.45, 2.75) is 52.0 Å². The Hall–Kier alpha value is -3.40. The second kappa shape index (κ2) is 9.39. The molecule has 2 aromatic heterocycles. The lowest BCUT2D eigenvalue weighted by molar-refractivity contribution is 0.0605. The molecule has 7 heteroatoms. The minimum atomic E-state index is 0.00371. The Morgan fingerprint density at radius 3 is 2.56 bits per heavy atom. The van der Waals surface area contributed by atoms with Crippen molar-refractivity contribution in [3.05, 3.63) is 58.9 Å². The largest absolute Gasteiger partial charge is 0.356 e. The molecule has 1 unspecified atom stereocenters. The highest BCUT2D eigenvalue weighted by Crippen LogP contribution is 2.32. The number of nitriles is 1. The molecule has 0 saturated carbocycles. The van der Waals surface area contributed by atoms with Crippen LogP contribution in [0.25, 0.3) is 5.65 Å². The van der Waals surface area contributed by atoms with Crippen molar-refractivity contribution in [2.24, 2.45) is 0 Å². The molecule has 2 aliphatic heterocycles. The summed E-state index contributed by atoms with van der Waals surface area (Å²) in [6.07, 6.45) is 7.64. The lowest BCUT2D eigenvalue weighted by Gasteiger charge is -2.34. The molecule has 2 saturated heterocycles. The zero-order chi connectivity index (χ0) is 22.7. The average Bonchev–Trinajstić information content (AvgIpc) is 3.49. The molecule has 166 valence electrons. The number of hydrogen-bond donors (Lipinski definition) is 0. The molecule has 0 radical (unpaired) electrons. The Morgan fingerprint density at radius 1 is 1.06 bits per heavy atom. The normalized spacial score (nSPS) is 18.4. The zero-order valence-electron chi connectivity index (χ0n) is 18.9. The maximum absolute atomic E-state index is 13.3. The van der Waals surface area contributed by atoms with Crippen LogP contribution in [0.5, 0.6) is 0 Å². The third-order valence-corrected chi connectivity index (χ3v) is 6.40. The number of fused-ring (bicyclic) bond motifs is 1. The van der Waals surface area contributed by atoms with E-state index in [-0.39, 0.29) is 11.9 Å². The molecule has 32 heavy (non-hydrogen) atoms. The van der Waals surface area contributed by atoms with Gasteiger partial charge in [-0.2, -0.15) is 5.10 Å². The highest BCUT2D eigenvalue weighted by Gasteiger charge is 2.31. The molecule has 1 atom stereocenters. The average molecular weight is 431 g/mol. The predicted molar refractivity (Wildman–Crippen MR) is 125 cm³/mol. The molecule has 1 aromatic carbocycles. The first-order valence-corrected chi connectivity index (χ1v) is 11.4. The van der Waals surface area contributed by atoms with Crippen LogP contribution in [0.3, 0.4) is 0 Å². The van der Waals surface area contributed by atoms with Crippen LogP contribution in [-0.4, -0.2) is 45.0 Å². The van der Waals surface area contributed by atoms with Gasteiger partial charge in [-0.1, -0.05) is 17.7 Å². The number of carbonyl (C=O) groups is 1. The summed E-state index contributed by atoms with van der Waals surface area (Å²) in [6, 6.07) is 9.95. The topological polar surface area (TPSA) is 77.5 Å². The third kappa shape index (κ3) is 4.18. The molecule has 1 amide bonds. The number of rotatable bonds is 3. The molecule has 2 fully saturated rings. The molecule has 0 spiro atoms. The van der Waals surface area contributed by atoms with E-state index >= 15 is 0 Å². The monoisotopic (exact) mass is 430 g/mol. The fourth-order valence-corrected chi connectivity index (χ4v) is 4.86. The van der Waals surface area contributed by atoms with Crippen molar-refractivity contribution in [1.82, 2.24) is 19.5 Å². The van der Waals surface area contributed by atoms with E-state index in [1.807, 2.05) is 40.6 Å². The number of aromatic nitrogens is 3. The van der Waals surface area contributed by atoms with Crippen LogP contribution >= 0.6 is 0 Å². The van der Waals surface area contributed by atoms with Crippen molar-refractivity contribution < 1.29 is 4.79 Å². The van der Waals surface area contributed by atoms with E-state index in [4.69, 9.17) is 15.3 Å². The lowest BCUT2D eigenvalue weighted by atomic mass is 9.98. The maximum atomic E-state index is 13.3. The van der Waals surface area contributed by atoms with Crippen LogP contribution in [-0.2, 0) is 0 Å². The van der Waals surface area contributed by atoms with Gasteiger partial charge in [-0.25, -0.2) is 14.8 Å². The minimum Gasteiger partial charge on any atom is -0.356 e. The highest BCUT2D eigenvalue weighted by atomic mass is 16.2. The molecule has 0 bridgehead atoms. The van der Waals surface area contributed by atoms with E-state index < -0.39 is 0 Å². The van der Waals surface area contributed by atoms with E-state index in [2.05, 4.69) is 30.7 Å². The van der Waals surface area contributed by atoms with E-state index in [9.17, 15) is 4.79 Å². The van der Waals surface area contributed by atoms with Crippen LogP contribution in [0.2, 0.25) is 0 Å². The summed E-state index contributed by atoms with van der Waals surface area (Å²) < 4.78 is 1.88. The van der Waals surface area contributed by atoms with Gasteiger partial charge < -0.3 is 9.80 Å². The van der Waals surface area contributed by atoms with Crippen LogP contribution in [0, 0.1) is 25.7 Å². The molecular formula is C25H30N6O. The van der Waals surface area contributed by atoms with Crippen molar-refractivity contribution in [3.8, 4) is 6.57 Å². The van der Waals surface area contributed by atoms with E-state index in [0.29, 0.717) is 0 Å². The zero-order valence-corrected chi connectivity index (χ0v) is 18.9. The summed E-state index contributed by atoms with van der Waals surface area (Å²) >= 11 is 0. The smallest absolute Gasteiger partial charge is 0.254 e. The number of hydrogen-bond acceptors (Lipinski definition) is 5. The summed E-state index contributed by atoms with van der Waals surface area (Å²) in [5, 5.41) is 11.4. The fraction of sp³-hybridized carbons (Fsp3) is 0.440. The van der Waals surface area contributed by atoms with Crippen LogP contribution in [0.4, 0.5) is 5.82 Å². The number of amides is 1. The molecule has 7 nitrogen and oxygen atoms in total. The number of piperidine rings is 1. The van der Waals surface area contributed by atoms with Crippen molar-refractivity contribution in [3.63, 3.8) is 0 Å². The van der Waals surface area contributed by atoms with Crippen LogP contribution < -0.4 is 4.90 Å². The number of nitrogens with zero attached hydrogens (tertiary/aromatic N) is 6. The second-order valence-corrected chi connectivity index (χ2v) is 8.69. The van der Waals surface area contributed by atoms with Crippen LogP contribution in [0.1, 0.15) is 65.3 Å². The van der Waals surface area contributed by atoms with Crippen LogP contribution in [0.15, 0.2) is 36.5 Å². The molecule has 0 aliphatic carbocycles. The lowest BCUT2D eigenvalue weighted by Crippen LogP contribution is -2.38. The standard InChI is InChI=1S/C24H29N5O.CHN/c1-17-8-7-9-19(14-17)24(30)28-13-4-3-10-21(28)20-15-22-25-23(27-11-5-6-12-27)18(2)16-29(22)26-20;1-2/h7-9,14-16,21H,3-6,10-13H2,1-2H3;1H. The molecule has 2 aliphatic rings. The molecule has 5 rings (SSSR count). The number of aryl methyl sites for hydroxylation is 2. The fourth-order valence-electron chi connectivity index (χ4n) is 4.86. The minimum absolute atomic E-state index is 0.00371. The number of benzene rings is 1. The quantitative estimate of drug-likeness (QED) is 0.613. The number of carbonyl (C=O) groups excluding carboxylic acids is 1. The number of likely N-dealkylation sites (tertiary alicyclic amines) is 1. The van der Waals surface area contributed by atoms with Crippen molar-refractivity contribution >= 4 is 17.4 Å². The Kier molecular flexibility index (Phi) is 6.40. The van der Waals surface area contributed by atoms with Gasteiger partial charge in [0.2, 0.25) is 0 Å². The van der Waals surface area contributed by atoms with Crippen molar-refractivity contribution in [2.75, 3.05) is 24.5 Å². The van der Waals surface area contributed by atoms with Gasteiger partial charge in [-0.15, -0.1) is 0 Å². The highest BCUT2D eigenvalue weighted by molar-refractivity contribution is 5.94. The predicted octanol–water partition coefficient (Wildman–Crippen LogP) is 4.45. The Balaban J connectivity index is 0.00000119. The van der Waals surface area contributed by atoms with Gasteiger partial charge in [0.1, 0.15) is 5.82 Å².